The fourth-order valence-electron chi connectivity index (χ4n) is 2.78. The van der Waals surface area contributed by atoms with Gasteiger partial charge in [0.15, 0.2) is 0 Å². The number of esters is 1. The molecule has 2 heterocycles. The van der Waals surface area contributed by atoms with Crippen molar-refractivity contribution in [3.63, 3.8) is 0 Å². The Kier molecular flexibility index (Phi) is 5.18. The first-order valence-electron chi connectivity index (χ1n) is 8.36. The third-order valence-electron chi connectivity index (χ3n) is 4.08. The minimum Gasteiger partial charge on any atom is -0.476 e. The number of aryl methyl sites for hydroxylation is 1. The third-order valence-corrected chi connectivity index (χ3v) is 4.35. The quantitative estimate of drug-likeness (QED) is 0.608. The molecule has 0 spiro atoms. The van der Waals surface area contributed by atoms with Crippen LogP contribution in [0.15, 0.2) is 36.7 Å². The minimum absolute atomic E-state index is 0.356. The van der Waals surface area contributed by atoms with Crippen LogP contribution in [-0.4, -0.2) is 29.2 Å². The monoisotopic (exact) mass is 372 g/mol. The first kappa shape index (κ1) is 18.3. The molecule has 26 heavy (non-hydrogen) atoms. The Hall–Kier alpha value is -2.53. The Labute approximate surface area is 157 Å². The molecule has 0 saturated heterocycles. The highest BCUT2D eigenvalue weighted by Gasteiger charge is 2.14. The van der Waals surface area contributed by atoms with Gasteiger partial charge < -0.3 is 14.0 Å². The van der Waals surface area contributed by atoms with E-state index in [9.17, 15) is 4.79 Å². The Balaban J connectivity index is 2.00. The van der Waals surface area contributed by atoms with Crippen molar-refractivity contribution in [3.8, 4) is 17.0 Å². The number of fused-ring (bicyclic) bond motifs is 1. The maximum atomic E-state index is 11.8. The van der Waals surface area contributed by atoms with Gasteiger partial charge in [0.1, 0.15) is 5.02 Å². The zero-order chi connectivity index (χ0) is 18.8. The molecule has 0 unspecified atom stereocenters. The topological polar surface area (TPSA) is 53.4 Å². The molecule has 0 fully saturated rings. The Morgan fingerprint density at radius 3 is 2.73 bits per heavy atom. The summed E-state index contributed by atoms with van der Waals surface area (Å²) in [5, 5.41) is 1.49. The Morgan fingerprint density at radius 2 is 2.08 bits per heavy atom. The molecule has 0 aliphatic rings. The van der Waals surface area contributed by atoms with E-state index in [4.69, 9.17) is 21.1 Å². The predicted octanol–water partition coefficient (Wildman–Crippen LogP) is 4.72. The average Bonchev–Trinajstić information content (AvgIpc) is 2.96. The molecule has 0 bridgehead atoms. The van der Waals surface area contributed by atoms with Gasteiger partial charge >= 0.3 is 5.97 Å². The number of benzene rings is 1. The molecule has 5 nitrogen and oxygen atoms in total. The predicted molar refractivity (Wildman–Crippen MR) is 103 cm³/mol. The normalized spacial score (nSPS) is 11.2. The van der Waals surface area contributed by atoms with Gasteiger partial charge in [-0.25, -0.2) is 9.78 Å². The SMILES string of the molecule is COC(=O)c1ccc2c(-c3cnc(OCC(C)C)c(Cl)c3)cn(C)c2c1. The van der Waals surface area contributed by atoms with Crippen molar-refractivity contribution < 1.29 is 14.3 Å². The van der Waals surface area contributed by atoms with Gasteiger partial charge in [-0.05, 0) is 24.1 Å². The van der Waals surface area contributed by atoms with Gasteiger partial charge in [0.2, 0.25) is 5.88 Å². The van der Waals surface area contributed by atoms with Crippen LogP contribution in [-0.2, 0) is 11.8 Å². The summed E-state index contributed by atoms with van der Waals surface area (Å²) in [5.74, 6) is 0.484. The van der Waals surface area contributed by atoms with E-state index in [-0.39, 0.29) is 5.97 Å². The van der Waals surface area contributed by atoms with Crippen LogP contribution in [0.3, 0.4) is 0 Å². The number of carbonyl (C=O) groups is 1. The highest BCUT2D eigenvalue weighted by molar-refractivity contribution is 6.32. The fraction of sp³-hybridized carbons (Fsp3) is 0.300. The number of rotatable bonds is 5. The summed E-state index contributed by atoms with van der Waals surface area (Å²) in [7, 11) is 3.31. The number of ether oxygens (including phenoxy) is 2. The molecule has 2 aromatic heterocycles. The number of carbonyl (C=O) groups excluding carboxylic acids is 1. The highest BCUT2D eigenvalue weighted by atomic mass is 35.5. The zero-order valence-corrected chi connectivity index (χ0v) is 16.0. The molecule has 0 aliphatic heterocycles. The van der Waals surface area contributed by atoms with Gasteiger partial charge in [-0.1, -0.05) is 31.5 Å². The molecule has 0 amide bonds. The van der Waals surface area contributed by atoms with Crippen molar-refractivity contribution in [1.29, 1.82) is 0 Å². The number of aromatic nitrogens is 2. The fourth-order valence-corrected chi connectivity index (χ4v) is 3.00. The van der Waals surface area contributed by atoms with Crippen LogP contribution >= 0.6 is 11.6 Å². The Bertz CT molecular complexity index is 963. The lowest BCUT2D eigenvalue weighted by atomic mass is 10.1. The number of pyridine rings is 1. The van der Waals surface area contributed by atoms with E-state index in [1.165, 1.54) is 7.11 Å². The lowest BCUT2D eigenvalue weighted by Gasteiger charge is -2.10. The molecule has 3 aromatic rings. The summed E-state index contributed by atoms with van der Waals surface area (Å²) in [6.07, 6.45) is 3.75. The molecular formula is C20H21ClN2O3. The van der Waals surface area contributed by atoms with Crippen molar-refractivity contribution in [2.24, 2.45) is 13.0 Å². The van der Waals surface area contributed by atoms with Gasteiger partial charge in [0, 0.05) is 41.5 Å². The largest absolute Gasteiger partial charge is 0.476 e. The van der Waals surface area contributed by atoms with Crippen LogP contribution in [0, 0.1) is 5.92 Å². The van der Waals surface area contributed by atoms with Crippen molar-refractivity contribution in [1.82, 2.24) is 9.55 Å². The highest BCUT2D eigenvalue weighted by Crippen LogP contribution is 2.34. The van der Waals surface area contributed by atoms with Crippen LogP contribution in [0.25, 0.3) is 22.0 Å². The Morgan fingerprint density at radius 1 is 1.31 bits per heavy atom. The standard InChI is InChI=1S/C20H21ClN2O3/c1-12(2)11-26-19-17(21)7-14(9-22-19)16-10-23(3)18-8-13(20(24)25-4)5-6-15(16)18/h5-10,12H,11H2,1-4H3. The van der Waals surface area contributed by atoms with Crippen LogP contribution in [0.1, 0.15) is 24.2 Å². The van der Waals surface area contributed by atoms with E-state index in [1.54, 1.807) is 12.3 Å². The molecule has 0 N–H and O–H groups in total. The van der Waals surface area contributed by atoms with Gasteiger partial charge in [0.05, 0.1) is 19.3 Å². The van der Waals surface area contributed by atoms with E-state index in [1.807, 2.05) is 36.0 Å². The van der Waals surface area contributed by atoms with Gasteiger partial charge in [-0.2, -0.15) is 0 Å². The molecule has 1 aromatic carbocycles. The number of hydrogen-bond donors (Lipinski definition) is 0. The summed E-state index contributed by atoms with van der Waals surface area (Å²) in [6.45, 7) is 4.71. The summed E-state index contributed by atoms with van der Waals surface area (Å²) < 4.78 is 12.4. The smallest absolute Gasteiger partial charge is 0.337 e. The van der Waals surface area contributed by atoms with Crippen molar-refractivity contribution in [2.75, 3.05) is 13.7 Å². The van der Waals surface area contributed by atoms with Crippen LogP contribution in [0.5, 0.6) is 5.88 Å². The number of methoxy groups -OCH3 is 1. The minimum atomic E-state index is -0.356. The van der Waals surface area contributed by atoms with Crippen LogP contribution in [0.4, 0.5) is 0 Å². The summed E-state index contributed by atoms with van der Waals surface area (Å²) in [4.78, 5) is 16.1. The second-order valence-electron chi connectivity index (χ2n) is 6.59. The van der Waals surface area contributed by atoms with E-state index >= 15 is 0 Å². The first-order valence-corrected chi connectivity index (χ1v) is 8.74. The summed E-state index contributed by atoms with van der Waals surface area (Å²) in [6, 6.07) is 7.34. The van der Waals surface area contributed by atoms with Gasteiger partial charge in [0.25, 0.3) is 0 Å². The first-order chi connectivity index (χ1) is 12.4. The second-order valence-corrected chi connectivity index (χ2v) is 7.00. The average molecular weight is 373 g/mol. The maximum absolute atomic E-state index is 11.8. The number of nitrogens with zero attached hydrogens (tertiary/aromatic N) is 2. The molecule has 0 radical (unpaired) electrons. The second kappa shape index (κ2) is 7.38. The lowest BCUT2D eigenvalue weighted by molar-refractivity contribution is 0.0601. The zero-order valence-electron chi connectivity index (χ0n) is 15.2. The third kappa shape index (κ3) is 3.53. The molecular weight excluding hydrogens is 352 g/mol. The van der Waals surface area contributed by atoms with E-state index < -0.39 is 0 Å². The molecule has 6 heteroatoms. The van der Waals surface area contributed by atoms with E-state index in [2.05, 4.69) is 18.8 Å². The molecule has 0 saturated carbocycles. The van der Waals surface area contributed by atoms with E-state index in [0.717, 1.165) is 22.0 Å². The molecule has 136 valence electrons. The van der Waals surface area contributed by atoms with Crippen molar-refractivity contribution in [3.05, 3.63) is 47.2 Å². The molecule has 3 rings (SSSR count). The van der Waals surface area contributed by atoms with Crippen LogP contribution < -0.4 is 4.74 Å². The van der Waals surface area contributed by atoms with Gasteiger partial charge in [-0.15, -0.1) is 0 Å². The summed E-state index contributed by atoms with van der Waals surface area (Å²) in [5.41, 5.74) is 3.33. The van der Waals surface area contributed by atoms with Crippen molar-refractivity contribution in [2.45, 2.75) is 13.8 Å². The maximum Gasteiger partial charge on any atom is 0.337 e. The van der Waals surface area contributed by atoms with Crippen LogP contribution in [0.2, 0.25) is 5.02 Å². The van der Waals surface area contributed by atoms with Crippen molar-refractivity contribution >= 4 is 28.5 Å². The molecule has 0 aliphatic carbocycles. The lowest BCUT2D eigenvalue weighted by Crippen LogP contribution is -2.06. The number of halogens is 1. The van der Waals surface area contributed by atoms with E-state index in [0.29, 0.717) is 29.0 Å². The van der Waals surface area contributed by atoms with Gasteiger partial charge in [-0.3, -0.25) is 0 Å². The summed E-state index contributed by atoms with van der Waals surface area (Å²) >= 11 is 6.35. The number of hydrogen-bond acceptors (Lipinski definition) is 4. The molecule has 0 atom stereocenters.